The first-order valence-corrected chi connectivity index (χ1v) is 11.2. The van der Waals surface area contributed by atoms with Crippen LogP contribution in [0, 0.1) is 28.7 Å². The molecule has 0 amide bonds. The van der Waals surface area contributed by atoms with Crippen LogP contribution in [0.5, 0.6) is 5.75 Å². The number of nitrogens with zero attached hydrogens (tertiary/aromatic N) is 6. The van der Waals surface area contributed by atoms with Crippen molar-refractivity contribution >= 4 is 16.8 Å². The van der Waals surface area contributed by atoms with Crippen LogP contribution in [-0.2, 0) is 0 Å². The highest BCUT2D eigenvalue weighted by Gasteiger charge is 2.27. The third-order valence-electron chi connectivity index (χ3n) is 6.67. The Bertz CT molecular complexity index is 1120. The summed E-state index contributed by atoms with van der Waals surface area (Å²) in [5.41, 5.74) is 9.70. The third-order valence-corrected chi connectivity index (χ3v) is 6.67. The van der Waals surface area contributed by atoms with Crippen LogP contribution in [0.3, 0.4) is 0 Å². The van der Waals surface area contributed by atoms with E-state index in [1.165, 1.54) is 19.3 Å². The molecule has 2 aliphatic rings. The number of nitrogens with two attached hydrogens (primary N) is 1. The second-order valence-electron chi connectivity index (χ2n) is 8.68. The summed E-state index contributed by atoms with van der Waals surface area (Å²) in [6.07, 6.45) is 12.6. The molecule has 0 bridgehead atoms. The second kappa shape index (κ2) is 9.32. The van der Waals surface area contributed by atoms with Gasteiger partial charge in [-0.05, 0) is 51.5 Å². The van der Waals surface area contributed by atoms with Gasteiger partial charge in [0.1, 0.15) is 22.9 Å². The molecule has 2 fully saturated rings. The number of pyridine rings is 1. The molecule has 1 saturated heterocycles. The zero-order valence-corrected chi connectivity index (χ0v) is 18.7. The van der Waals surface area contributed by atoms with Crippen molar-refractivity contribution in [3.63, 3.8) is 0 Å². The quantitative estimate of drug-likeness (QED) is 0.553. The fourth-order valence-corrected chi connectivity index (χ4v) is 4.47. The average molecular weight is 432 g/mol. The van der Waals surface area contributed by atoms with Gasteiger partial charge in [0.05, 0.1) is 18.3 Å². The van der Waals surface area contributed by atoms with E-state index in [1.54, 1.807) is 21.8 Å². The van der Waals surface area contributed by atoms with Crippen LogP contribution >= 0.6 is 0 Å². The van der Waals surface area contributed by atoms with E-state index < -0.39 is 0 Å². The fraction of sp³-hybridized carbons (Fsp3) is 0.500. The van der Waals surface area contributed by atoms with E-state index in [1.807, 2.05) is 19.2 Å². The van der Waals surface area contributed by atoms with Crippen molar-refractivity contribution < 1.29 is 4.74 Å². The maximum atomic E-state index is 9.55. The summed E-state index contributed by atoms with van der Waals surface area (Å²) in [7, 11) is 0. The molecule has 1 saturated carbocycles. The van der Waals surface area contributed by atoms with Crippen LogP contribution in [0.15, 0.2) is 29.7 Å². The summed E-state index contributed by atoms with van der Waals surface area (Å²) < 4.78 is 8.06. The molecule has 0 unspecified atom stereocenters. The van der Waals surface area contributed by atoms with E-state index in [-0.39, 0.29) is 12.1 Å². The van der Waals surface area contributed by atoms with Gasteiger partial charge >= 0.3 is 0 Å². The molecule has 2 aromatic rings. The standard InChI is InChI=1S/C24H29N7O/c1-16(29-21-6-8-30(15-27)9-7-21)22(12-26)19-10-23(32-17(2)18-4-3-5-18)24-20(11-25)13-28-31(24)14-19/h10,12-14,17-18,21H,3-9,26H2,1-2H3/b22-12+,29-16?/t17-/m1/s1. The van der Waals surface area contributed by atoms with Crippen molar-refractivity contribution in [2.75, 3.05) is 13.1 Å². The van der Waals surface area contributed by atoms with E-state index >= 15 is 0 Å². The van der Waals surface area contributed by atoms with Crippen LogP contribution in [0.25, 0.3) is 11.1 Å². The Hall–Kier alpha value is -3.52. The van der Waals surface area contributed by atoms with Gasteiger partial charge in [-0.2, -0.15) is 15.6 Å². The molecular formula is C24H29N7O. The lowest BCUT2D eigenvalue weighted by atomic mass is 9.82. The SMILES string of the molecule is CC(=NC1CCN(C#N)CC1)/C(=C\N)c1cc(O[C@H](C)C2CCC2)c2c(C#N)cnn2c1. The number of piperidine rings is 1. The van der Waals surface area contributed by atoms with Gasteiger partial charge < -0.3 is 15.4 Å². The molecule has 2 aromatic heterocycles. The molecular weight excluding hydrogens is 402 g/mol. The number of aliphatic imine (C=N–C) groups is 1. The molecule has 1 atom stereocenters. The molecule has 3 heterocycles. The summed E-state index contributed by atoms with van der Waals surface area (Å²) in [5.74, 6) is 1.18. The molecule has 8 nitrogen and oxygen atoms in total. The molecule has 2 N–H and O–H groups in total. The Labute approximate surface area is 188 Å². The number of aromatic nitrogens is 2. The topological polar surface area (TPSA) is 116 Å². The van der Waals surface area contributed by atoms with Gasteiger partial charge in [0.25, 0.3) is 0 Å². The maximum Gasteiger partial charge on any atom is 0.179 e. The van der Waals surface area contributed by atoms with Crippen molar-refractivity contribution in [3.05, 3.63) is 35.8 Å². The Kier molecular flexibility index (Phi) is 6.32. The van der Waals surface area contributed by atoms with Gasteiger partial charge in [-0.3, -0.25) is 4.99 Å². The van der Waals surface area contributed by atoms with Gasteiger partial charge in [0.15, 0.2) is 6.19 Å². The first-order valence-electron chi connectivity index (χ1n) is 11.2. The predicted molar refractivity (Wildman–Crippen MR) is 123 cm³/mol. The van der Waals surface area contributed by atoms with E-state index in [2.05, 4.69) is 24.3 Å². The third kappa shape index (κ3) is 4.27. The molecule has 8 heteroatoms. The highest BCUT2D eigenvalue weighted by molar-refractivity contribution is 6.22. The van der Waals surface area contributed by atoms with Crippen molar-refractivity contribution in [3.8, 4) is 18.0 Å². The lowest BCUT2D eigenvalue weighted by molar-refractivity contribution is 0.0999. The first-order chi connectivity index (χ1) is 15.5. The van der Waals surface area contributed by atoms with Gasteiger partial charge in [0.2, 0.25) is 0 Å². The van der Waals surface area contributed by atoms with Crippen LogP contribution in [0.1, 0.15) is 57.1 Å². The van der Waals surface area contributed by atoms with Crippen molar-refractivity contribution in [1.29, 1.82) is 10.5 Å². The number of rotatable bonds is 6. The zero-order valence-electron chi connectivity index (χ0n) is 18.7. The van der Waals surface area contributed by atoms with E-state index in [0.29, 0.717) is 22.7 Å². The fourth-order valence-electron chi connectivity index (χ4n) is 4.47. The molecule has 166 valence electrons. The van der Waals surface area contributed by atoms with Crippen LogP contribution in [-0.4, -0.2) is 45.5 Å². The molecule has 1 aliphatic carbocycles. The summed E-state index contributed by atoms with van der Waals surface area (Å²) in [6.45, 7) is 5.51. The highest BCUT2D eigenvalue weighted by atomic mass is 16.5. The van der Waals surface area contributed by atoms with E-state index in [0.717, 1.165) is 42.8 Å². The van der Waals surface area contributed by atoms with Crippen LogP contribution in [0.2, 0.25) is 0 Å². The average Bonchev–Trinajstić information content (AvgIpc) is 3.17. The largest absolute Gasteiger partial charge is 0.488 e. The number of likely N-dealkylation sites (tertiary alicyclic amines) is 1. The minimum Gasteiger partial charge on any atom is -0.488 e. The Morgan fingerprint density at radius 3 is 2.66 bits per heavy atom. The number of ether oxygens (including phenoxy) is 1. The van der Waals surface area contributed by atoms with Gasteiger partial charge in [0, 0.05) is 42.3 Å². The molecule has 32 heavy (non-hydrogen) atoms. The smallest absolute Gasteiger partial charge is 0.179 e. The summed E-state index contributed by atoms with van der Waals surface area (Å²) in [5, 5.41) is 23.0. The number of nitriles is 2. The minimum atomic E-state index is 0.0645. The number of hydrogen-bond acceptors (Lipinski definition) is 7. The molecule has 0 spiro atoms. The molecule has 1 aliphatic heterocycles. The van der Waals surface area contributed by atoms with Crippen molar-refractivity contribution in [2.24, 2.45) is 16.6 Å². The normalized spacial score (nSPS) is 19.3. The molecule has 0 radical (unpaired) electrons. The second-order valence-corrected chi connectivity index (χ2v) is 8.68. The van der Waals surface area contributed by atoms with Crippen molar-refractivity contribution in [1.82, 2.24) is 14.5 Å². The summed E-state index contributed by atoms with van der Waals surface area (Å²) >= 11 is 0. The predicted octanol–water partition coefficient (Wildman–Crippen LogP) is 3.48. The first kappa shape index (κ1) is 21.7. The van der Waals surface area contributed by atoms with Gasteiger partial charge in [-0.15, -0.1) is 0 Å². The van der Waals surface area contributed by atoms with Crippen LogP contribution < -0.4 is 10.5 Å². The maximum absolute atomic E-state index is 9.55. The van der Waals surface area contributed by atoms with E-state index in [4.69, 9.17) is 20.7 Å². The van der Waals surface area contributed by atoms with Gasteiger partial charge in [-0.25, -0.2) is 4.52 Å². The molecule has 4 rings (SSSR count). The van der Waals surface area contributed by atoms with Crippen LogP contribution in [0.4, 0.5) is 0 Å². The number of allylic oxidation sites excluding steroid dienone is 1. The summed E-state index contributed by atoms with van der Waals surface area (Å²) in [4.78, 5) is 6.67. The molecule has 0 aromatic carbocycles. The number of fused-ring (bicyclic) bond motifs is 1. The summed E-state index contributed by atoms with van der Waals surface area (Å²) in [6, 6.07) is 4.33. The van der Waals surface area contributed by atoms with E-state index in [9.17, 15) is 5.26 Å². The highest BCUT2D eigenvalue weighted by Crippen LogP contribution is 2.35. The zero-order chi connectivity index (χ0) is 22.7. The Balaban J connectivity index is 1.65. The Morgan fingerprint density at radius 1 is 1.31 bits per heavy atom. The van der Waals surface area contributed by atoms with Crippen molar-refractivity contribution in [2.45, 2.75) is 58.1 Å². The van der Waals surface area contributed by atoms with Gasteiger partial charge in [-0.1, -0.05) is 6.42 Å². The lowest BCUT2D eigenvalue weighted by Crippen LogP contribution is -2.32. The minimum absolute atomic E-state index is 0.0645. The number of hydrogen-bond donors (Lipinski definition) is 1. The Morgan fingerprint density at radius 2 is 2.06 bits per heavy atom. The lowest BCUT2D eigenvalue weighted by Gasteiger charge is -2.31. The monoisotopic (exact) mass is 431 g/mol.